The van der Waals surface area contributed by atoms with Gasteiger partial charge in [0.15, 0.2) is 0 Å². The second kappa shape index (κ2) is 6.61. The molecule has 68 valence electrons. The lowest BCUT2D eigenvalue weighted by atomic mass is 10.2. The van der Waals surface area contributed by atoms with Gasteiger partial charge < -0.3 is 9.84 Å². The molecule has 3 nitrogen and oxygen atoms in total. The molecule has 0 aromatic carbocycles. The summed E-state index contributed by atoms with van der Waals surface area (Å²) in [5.74, 6) is -0.358. The number of carbonyl (C=O) groups is 1. The number of aliphatic hydroxyl groups is 1. The first-order chi connectivity index (χ1) is 5.70. The van der Waals surface area contributed by atoms with Crippen LogP contribution in [0.25, 0.3) is 0 Å². The molecule has 0 bridgehead atoms. The summed E-state index contributed by atoms with van der Waals surface area (Å²) in [6.07, 6.45) is 4.55. The van der Waals surface area contributed by atoms with Crippen LogP contribution in [0.5, 0.6) is 0 Å². The number of allylic oxidation sites excluding steroid dienone is 2. The highest BCUT2D eigenvalue weighted by molar-refractivity contribution is 5.82. The molecule has 0 saturated carbocycles. The van der Waals surface area contributed by atoms with Crippen LogP contribution in [0.2, 0.25) is 0 Å². The zero-order chi connectivity index (χ0) is 9.40. The molecule has 0 fully saturated rings. The topological polar surface area (TPSA) is 46.5 Å². The number of hydrogen-bond donors (Lipinski definition) is 1. The van der Waals surface area contributed by atoms with Gasteiger partial charge in [-0.1, -0.05) is 17.7 Å². The third-order valence-electron chi connectivity index (χ3n) is 1.18. The number of rotatable bonds is 4. The van der Waals surface area contributed by atoms with E-state index in [0.717, 1.165) is 5.57 Å². The van der Waals surface area contributed by atoms with Crippen molar-refractivity contribution in [1.29, 1.82) is 0 Å². The smallest absolute Gasteiger partial charge is 0.330 e. The Hall–Kier alpha value is -1.09. The van der Waals surface area contributed by atoms with Crippen LogP contribution in [0.4, 0.5) is 0 Å². The normalized spacial score (nSPS) is 12.1. The number of aliphatic hydroxyl groups excluding tert-OH is 1. The molecule has 0 spiro atoms. The molecule has 0 aliphatic rings. The summed E-state index contributed by atoms with van der Waals surface area (Å²) < 4.78 is 4.65. The third kappa shape index (κ3) is 5.68. The van der Waals surface area contributed by atoms with Gasteiger partial charge in [0.25, 0.3) is 0 Å². The summed E-state index contributed by atoms with van der Waals surface area (Å²) in [5, 5.41) is 8.48. The lowest BCUT2D eigenvalue weighted by molar-refractivity contribution is -0.137. The lowest BCUT2D eigenvalue weighted by Crippen LogP contribution is -1.98. The highest BCUT2D eigenvalue weighted by atomic mass is 16.5. The van der Waals surface area contributed by atoms with Gasteiger partial charge in [-0.25, -0.2) is 4.79 Å². The SMILES string of the molecule is CCOC(=O)C=CC(C)=CCO. The van der Waals surface area contributed by atoms with E-state index in [1.54, 1.807) is 26.0 Å². The summed E-state index contributed by atoms with van der Waals surface area (Å²) in [7, 11) is 0. The molecule has 0 aromatic heterocycles. The first-order valence-corrected chi connectivity index (χ1v) is 3.83. The Labute approximate surface area is 72.3 Å². The summed E-state index contributed by atoms with van der Waals surface area (Å²) in [6, 6.07) is 0. The van der Waals surface area contributed by atoms with Crippen LogP contribution in [-0.2, 0) is 9.53 Å². The highest BCUT2D eigenvalue weighted by Crippen LogP contribution is 1.94. The van der Waals surface area contributed by atoms with Crippen molar-refractivity contribution in [2.75, 3.05) is 13.2 Å². The Kier molecular flexibility index (Phi) is 6.01. The van der Waals surface area contributed by atoms with E-state index in [1.165, 1.54) is 6.08 Å². The fourth-order valence-electron chi connectivity index (χ4n) is 0.602. The average molecular weight is 170 g/mol. The van der Waals surface area contributed by atoms with E-state index in [4.69, 9.17) is 5.11 Å². The van der Waals surface area contributed by atoms with Crippen molar-refractivity contribution in [2.45, 2.75) is 13.8 Å². The van der Waals surface area contributed by atoms with Gasteiger partial charge in [0.1, 0.15) is 0 Å². The number of ether oxygens (including phenoxy) is 1. The second-order valence-corrected chi connectivity index (χ2v) is 2.22. The molecule has 0 saturated heterocycles. The maximum Gasteiger partial charge on any atom is 0.330 e. The van der Waals surface area contributed by atoms with Crippen molar-refractivity contribution in [1.82, 2.24) is 0 Å². The number of carbonyl (C=O) groups excluding carboxylic acids is 1. The maximum absolute atomic E-state index is 10.8. The van der Waals surface area contributed by atoms with Crippen LogP contribution >= 0.6 is 0 Å². The van der Waals surface area contributed by atoms with E-state index < -0.39 is 0 Å². The van der Waals surface area contributed by atoms with Gasteiger partial charge in [-0.05, 0) is 13.8 Å². The first-order valence-electron chi connectivity index (χ1n) is 3.83. The summed E-state index contributed by atoms with van der Waals surface area (Å²) in [6.45, 7) is 3.92. The molecular weight excluding hydrogens is 156 g/mol. The van der Waals surface area contributed by atoms with Crippen molar-refractivity contribution < 1.29 is 14.6 Å². The zero-order valence-corrected chi connectivity index (χ0v) is 7.41. The Balaban J connectivity index is 3.89. The van der Waals surface area contributed by atoms with Crippen molar-refractivity contribution in [3.05, 3.63) is 23.8 Å². The van der Waals surface area contributed by atoms with Gasteiger partial charge in [-0.2, -0.15) is 0 Å². The minimum absolute atomic E-state index is 0.0149. The van der Waals surface area contributed by atoms with Gasteiger partial charge in [0.2, 0.25) is 0 Å². The van der Waals surface area contributed by atoms with Crippen molar-refractivity contribution in [3.63, 3.8) is 0 Å². The summed E-state index contributed by atoms with van der Waals surface area (Å²) >= 11 is 0. The molecule has 1 N–H and O–H groups in total. The quantitative estimate of drug-likeness (QED) is 0.389. The van der Waals surface area contributed by atoms with E-state index in [0.29, 0.717) is 6.61 Å². The average Bonchev–Trinajstić information content (AvgIpc) is 2.02. The molecule has 0 aliphatic carbocycles. The monoisotopic (exact) mass is 170 g/mol. The minimum atomic E-state index is -0.358. The number of hydrogen-bond acceptors (Lipinski definition) is 3. The van der Waals surface area contributed by atoms with Crippen molar-refractivity contribution in [2.24, 2.45) is 0 Å². The fraction of sp³-hybridized carbons (Fsp3) is 0.444. The van der Waals surface area contributed by atoms with Gasteiger partial charge >= 0.3 is 5.97 Å². The molecule has 0 radical (unpaired) electrons. The summed E-state index contributed by atoms with van der Waals surface area (Å²) in [5.41, 5.74) is 0.838. The predicted molar refractivity (Wildman–Crippen MR) is 46.6 cm³/mol. The van der Waals surface area contributed by atoms with E-state index in [2.05, 4.69) is 4.74 Å². The number of esters is 1. The fourth-order valence-corrected chi connectivity index (χ4v) is 0.602. The highest BCUT2D eigenvalue weighted by Gasteiger charge is 1.91. The third-order valence-corrected chi connectivity index (χ3v) is 1.18. The standard InChI is InChI=1S/C9H14O3/c1-3-12-9(11)5-4-8(2)6-7-10/h4-6,10H,3,7H2,1-2H3. The van der Waals surface area contributed by atoms with Crippen LogP contribution in [0, 0.1) is 0 Å². The largest absolute Gasteiger partial charge is 0.463 e. The Bertz CT molecular complexity index is 192. The van der Waals surface area contributed by atoms with Crippen molar-refractivity contribution >= 4 is 5.97 Å². The molecule has 0 atom stereocenters. The van der Waals surface area contributed by atoms with Gasteiger partial charge in [-0.15, -0.1) is 0 Å². The summed E-state index contributed by atoms with van der Waals surface area (Å²) in [4.78, 5) is 10.8. The molecule has 3 heteroatoms. The first kappa shape index (κ1) is 10.9. The van der Waals surface area contributed by atoms with Crippen LogP contribution in [0.3, 0.4) is 0 Å². The Morgan fingerprint density at radius 3 is 2.67 bits per heavy atom. The van der Waals surface area contributed by atoms with Crippen LogP contribution < -0.4 is 0 Å². The molecule has 12 heavy (non-hydrogen) atoms. The molecule has 0 aliphatic heterocycles. The van der Waals surface area contributed by atoms with Gasteiger partial charge in [0, 0.05) is 6.08 Å². The molecule has 0 heterocycles. The second-order valence-electron chi connectivity index (χ2n) is 2.22. The predicted octanol–water partition coefficient (Wildman–Crippen LogP) is 1.04. The van der Waals surface area contributed by atoms with Gasteiger partial charge in [0.05, 0.1) is 13.2 Å². The molecular formula is C9H14O3. The van der Waals surface area contributed by atoms with Gasteiger partial charge in [-0.3, -0.25) is 0 Å². The Morgan fingerprint density at radius 2 is 2.17 bits per heavy atom. The Morgan fingerprint density at radius 1 is 1.50 bits per heavy atom. The lowest BCUT2D eigenvalue weighted by Gasteiger charge is -1.94. The van der Waals surface area contributed by atoms with Crippen LogP contribution in [0.15, 0.2) is 23.8 Å². The van der Waals surface area contributed by atoms with E-state index in [1.807, 2.05) is 0 Å². The van der Waals surface area contributed by atoms with E-state index in [-0.39, 0.29) is 12.6 Å². The van der Waals surface area contributed by atoms with E-state index >= 15 is 0 Å². The molecule has 0 rings (SSSR count). The molecule has 0 aromatic rings. The molecule has 0 amide bonds. The zero-order valence-electron chi connectivity index (χ0n) is 7.41. The van der Waals surface area contributed by atoms with Crippen LogP contribution in [-0.4, -0.2) is 24.3 Å². The van der Waals surface area contributed by atoms with Crippen LogP contribution in [0.1, 0.15) is 13.8 Å². The van der Waals surface area contributed by atoms with Crippen molar-refractivity contribution in [3.8, 4) is 0 Å². The molecule has 0 unspecified atom stereocenters. The maximum atomic E-state index is 10.8. The van der Waals surface area contributed by atoms with E-state index in [9.17, 15) is 4.79 Å². The minimum Gasteiger partial charge on any atom is -0.463 e.